The van der Waals surface area contributed by atoms with Crippen molar-refractivity contribution < 1.29 is 43.3 Å². The van der Waals surface area contributed by atoms with Crippen LogP contribution in [0.25, 0.3) is 11.2 Å². The first-order valence-corrected chi connectivity index (χ1v) is 16.4. The predicted octanol–water partition coefficient (Wildman–Crippen LogP) is -0.813. The molecule has 0 saturated carbocycles. The molecule has 20 nitrogen and oxygen atoms in total. The van der Waals surface area contributed by atoms with Crippen LogP contribution in [0, 0.1) is 0 Å². The van der Waals surface area contributed by atoms with E-state index in [1.807, 2.05) is 0 Å². The molecule has 1 aromatic carbocycles. The minimum Gasteiger partial charge on any atom is -0.480 e. The molecule has 4 rings (SSSR count). The molecule has 0 saturated heterocycles. The fraction of sp³-hybridized carbons (Fsp3) is 0.394. The van der Waals surface area contributed by atoms with Gasteiger partial charge >= 0.3 is 5.97 Å². The van der Waals surface area contributed by atoms with Gasteiger partial charge in [0.15, 0.2) is 17.0 Å². The van der Waals surface area contributed by atoms with E-state index in [0.29, 0.717) is 11.4 Å². The summed E-state index contributed by atoms with van der Waals surface area (Å²) in [6.07, 6.45) is 3.37. The molecule has 0 bridgehead atoms. The number of carbonyl (C=O) groups is 6. The molecule has 0 unspecified atom stereocenters. The molecule has 2 aromatic heterocycles. The first-order valence-electron chi connectivity index (χ1n) is 16.4. The number of aromatic amines is 1. The summed E-state index contributed by atoms with van der Waals surface area (Å²) in [6.45, 7) is 3.94. The van der Waals surface area contributed by atoms with Crippen LogP contribution in [-0.4, -0.2) is 110 Å². The average Bonchev–Trinajstić information content (AvgIpc) is 3.44. The number of hydrogen-bond acceptors (Lipinski definition) is 14. The minimum atomic E-state index is -1.32. The Hall–Kier alpha value is -6.28. The highest BCUT2D eigenvalue weighted by Crippen LogP contribution is 2.13. The Morgan fingerprint density at radius 3 is 2.19 bits per heavy atom. The number of carbonyl (C=O) groups excluding carboxylic acids is 5. The molecule has 5 amide bonds. The maximum absolute atomic E-state index is 12.8. The Morgan fingerprint density at radius 1 is 0.943 bits per heavy atom. The Labute approximate surface area is 301 Å². The largest absolute Gasteiger partial charge is 0.480 e. The van der Waals surface area contributed by atoms with Crippen molar-refractivity contribution in [1.29, 1.82) is 0 Å². The summed E-state index contributed by atoms with van der Waals surface area (Å²) in [4.78, 5) is 99.7. The maximum atomic E-state index is 12.8. The standard InChI is InChI=1S/C33H40N10O10/c1-33(2,53-16-13-36-24(45)11-14-43-25(46)9-10-26(43)47)52-15-12-35-23(44)8-7-22(31(50)51)40-29(48)19-3-5-20(6-4-19)37-17-21-18-38-28-27(39-21)30(49)42-32(34)41-28/h3-6,9-10,18,22,37H,7-8,11-17H2,1-2H3,(H,35,44)(H,36,45)(H,40,48)(H,50,51)(H3,34,38,41,42,49)/t22-/m0/s1. The zero-order valence-electron chi connectivity index (χ0n) is 29.0. The second kappa shape index (κ2) is 18.3. The van der Waals surface area contributed by atoms with Gasteiger partial charge < -0.3 is 41.6 Å². The number of fused-ring (bicyclic) bond motifs is 1. The molecule has 0 radical (unpaired) electrons. The molecule has 0 aliphatic carbocycles. The second-order valence-corrected chi connectivity index (χ2v) is 12.0. The molecule has 3 heterocycles. The Bertz CT molecular complexity index is 1910. The normalized spacial score (nSPS) is 13.2. The van der Waals surface area contributed by atoms with Gasteiger partial charge in [0.1, 0.15) is 6.04 Å². The van der Waals surface area contributed by atoms with Gasteiger partial charge in [-0.25, -0.2) is 14.8 Å². The molecule has 1 atom stereocenters. The highest BCUT2D eigenvalue weighted by Gasteiger charge is 2.24. The molecular weight excluding hydrogens is 696 g/mol. The van der Waals surface area contributed by atoms with E-state index in [4.69, 9.17) is 15.2 Å². The number of nitrogens with zero attached hydrogens (tertiary/aromatic N) is 4. The third-order valence-corrected chi connectivity index (χ3v) is 7.58. The Kier molecular flexibility index (Phi) is 13.6. The third kappa shape index (κ3) is 12.2. The first kappa shape index (κ1) is 39.5. The lowest BCUT2D eigenvalue weighted by molar-refractivity contribution is -0.211. The summed E-state index contributed by atoms with van der Waals surface area (Å²) < 4.78 is 11.3. The maximum Gasteiger partial charge on any atom is 0.326 e. The van der Waals surface area contributed by atoms with Crippen LogP contribution < -0.4 is 32.6 Å². The van der Waals surface area contributed by atoms with Gasteiger partial charge in [0.2, 0.25) is 17.8 Å². The van der Waals surface area contributed by atoms with Crippen molar-refractivity contribution in [2.24, 2.45) is 0 Å². The number of amides is 5. The van der Waals surface area contributed by atoms with Crippen molar-refractivity contribution in [2.45, 2.75) is 51.5 Å². The lowest BCUT2D eigenvalue weighted by Crippen LogP contribution is -2.42. The zero-order chi connectivity index (χ0) is 38.5. The second-order valence-electron chi connectivity index (χ2n) is 12.0. The molecule has 1 aliphatic rings. The number of imide groups is 1. The Morgan fingerprint density at radius 2 is 1.57 bits per heavy atom. The highest BCUT2D eigenvalue weighted by atomic mass is 16.7. The third-order valence-electron chi connectivity index (χ3n) is 7.58. The predicted molar refractivity (Wildman–Crippen MR) is 187 cm³/mol. The van der Waals surface area contributed by atoms with Crippen molar-refractivity contribution in [1.82, 2.24) is 40.8 Å². The summed E-state index contributed by atoms with van der Waals surface area (Å²) in [5.41, 5.74) is 6.43. The summed E-state index contributed by atoms with van der Waals surface area (Å²) in [5.74, 6) is -4.77. The smallest absolute Gasteiger partial charge is 0.326 e. The number of rotatable bonds is 20. The van der Waals surface area contributed by atoms with E-state index in [1.54, 1.807) is 26.0 Å². The lowest BCUT2D eigenvalue weighted by atomic mass is 10.1. The number of H-pyrrole nitrogens is 1. The van der Waals surface area contributed by atoms with Gasteiger partial charge in [0, 0.05) is 55.9 Å². The first-order chi connectivity index (χ1) is 25.2. The van der Waals surface area contributed by atoms with E-state index in [1.165, 1.54) is 18.3 Å². The van der Waals surface area contributed by atoms with Crippen LogP contribution in [0.2, 0.25) is 0 Å². The van der Waals surface area contributed by atoms with Gasteiger partial charge in [-0.3, -0.25) is 38.7 Å². The van der Waals surface area contributed by atoms with Crippen LogP contribution in [0.5, 0.6) is 0 Å². The van der Waals surface area contributed by atoms with Crippen LogP contribution in [0.3, 0.4) is 0 Å². The molecule has 282 valence electrons. The van der Waals surface area contributed by atoms with E-state index < -0.39 is 47.0 Å². The highest BCUT2D eigenvalue weighted by molar-refractivity contribution is 6.13. The van der Waals surface area contributed by atoms with Crippen molar-refractivity contribution in [3.8, 4) is 0 Å². The van der Waals surface area contributed by atoms with E-state index >= 15 is 0 Å². The number of nitrogens with two attached hydrogens (primary N) is 1. The number of aromatic nitrogens is 4. The van der Waals surface area contributed by atoms with Crippen molar-refractivity contribution in [2.75, 3.05) is 43.9 Å². The topological polar surface area (TPSA) is 290 Å². The van der Waals surface area contributed by atoms with Crippen LogP contribution in [0.4, 0.5) is 11.6 Å². The number of hydrogen-bond donors (Lipinski definition) is 7. The van der Waals surface area contributed by atoms with Crippen LogP contribution in [0.1, 0.15) is 49.2 Å². The zero-order valence-corrected chi connectivity index (χ0v) is 29.0. The fourth-order valence-corrected chi connectivity index (χ4v) is 4.82. The number of nitrogens with one attached hydrogen (secondary N) is 5. The van der Waals surface area contributed by atoms with Crippen LogP contribution >= 0.6 is 0 Å². The summed E-state index contributed by atoms with van der Waals surface area (Å²) in [6, 6.07) is 4.89. The lowest BCUT2D eigenvalue weighted by Gasteiger charge is -2.26. The monoisotopic (exact) mass is 736 g/mol. The van der Waals surface area contributed by atoms with Gasteiger partial charge in [-0.1, -0.05) is 0 Å². The number of nitrogen functional groups attached to an aromatic ring is 1. The van der Waals surface area contributed by atoms with Crippen molar-refractivity contribution >= 4 is 58.3 Å². The van der Waals surface area contributed by atoms with Gasteiger partial charge in [0.05, 0.1) is 31.6 Å². The number of carboxylic acids is 1. The van der Waals surface area contributed by atoms with Gasteiger partial charge in [-0.15, -0.1) is 0 Å². The van der Waals surface area contributed by atoms with Gasteiger partial charge in [0.25, 0.3) is 23.3 Å². The number of ether oxygens (including phenoxy) is 2. The number of anilines is 2. The van der Waals surface area contributed by atoms with Crippen LogP contribution in [0.15, 0.2) is 47.4 Å². The Balaban J connectivity index is 1.10. The minimum absolute atomic E-state index is 0.0224. The van der Waals surface area contributed by atoms with Crippen molar-refractivity contribution in [3.63, 3.8) is 0 Å². The molecule has 8 N–H and O–H groups in total. The fourth-order valence-electron chi connectivity index (χ4n) is 4.82. The summed E-state index contributed by atoms with van der Waals surface area (Å²) >= 11 is 0. The van der Waals surface area contributed by atoms with E-state index in [2.05, 4.69) is 41.2 Å². The molecule has 0 fully saturated rings. The molecular formula is C33H40N10O10. The van der Waals surface area contributed by atoms with Gasteiger partial charge in [-0.2, -0.15) is 4.98 Å². The quantitative estimate of drug-likeness (QED) is 0.0424. The van der Waals surface area contributed by atoms with Gasteiger partial charge in [-0.05, 0) is 44.5 Å². The molecule has 3 aromatic rings. The van der Waals surface area contributed by atoms with Crippen LogP contribution in [-0.2, 0) is 40.0 Å². The molecule has 20 heteroatoms. The van der Waals surface area contributed by atoms with Crippen molar-refractivity contribution in [3.05, 3.63) is 64.2 Å². The molecule has 1 aliphatic heterocycles. The van der Waals surface area contributed by atoms with E-state index in [0.717, 1.165) is 17.1 Å². The van der Waals surface area contributed by atoms with E-state index in [-0.39, 0.29) is 87.2 Å². The number of aliphatic carboxylic acids is 1. The van der Waals surface area contributed by atoms with E-state index in [9.17, 15) is 38.7 Å². The number of carboxylic acid groups (broad SMARTS) is 1. The summed E-state index contributed by atoms with van der Waals surface area (Å²) in [5, 5.41) is 20.4. The molecule has 0 spiro atoms. The SMILES string of the molecule is CC(C)(OCCNC(=O)CC[C@H](NC(=O)c1ccc(NCc2cnc3nc(N)[nH]c(=O)c3n2)cc1)C(=O)O)OCCNC(=O)CCN1C(=O)C=CC1=O. The average molecular weight is 737 g/mol. The number of benzene rings is 1. The summed E-state index contributed by atoms with van der Waals surface area (Å²) in [7, 11) is 0. The molecule has 53 heavy (non-hydrogen) atoms.